The Hall–Kier alpha value is -1.46. The number of methoxy groups -OCH3 is 1. The average Bonchev–Trinajstić information content (AvgIpc) is 2.87. The second-order valence-corrected chi connectivity index (χ2v) is 4.16. The Morgan fingerprint density at radius 2 is 2.47 bits per heavy atom. The number of aromatic nitrogens is 1. The highest BCUT2D eigenvalue weighted by Gasteiger charge is 2.31. The van der Waals surface area contributed by atoms with E-state index in [9.17, 15) is 4.79 Å². The molecule has 17 heavy (non-hydrogen) atoms. The minimum atomic E-state index is -0.162. The molecule has 1 N–H and O–H groups in total. The first-order valence-corrected chi connectivity index (χ1v) is 5.66. The molecule has 2 rings (SSSR count). The van der Waals surface area contributed by atoms with Crippen LogP contribution in [-0.2, 0) is 9.53 Å². The summed E-state index contributed by atoms with van der Waals surface area (Å²) in [5, 5.41) is 3.17. The molecule has 0 spiro atoms. The fourth-order valence-electron chi connectivity index (χ4n) is 1.98. The Bertz CT molecular complexity index is 383. The van der Waals surface area contributed by atoms with E-state index in [0.717, 1.165) is 18.7 Å². The summed E-state index contributed by atoms with van der Waals surface area (Å²) in [4.78, 5) is 17.8. The number of pyridine rings is 1. The summed E-state index contributed by atoms with van der Waals surface area (Å²) in [5.74, 6) is 0.0533. The maximum absolute atomic E-state index is 12.2. The Morgan fingerprint density at radius 1 is 1.65 bits per heavy atom. The van der Waals surface area contributed by atoms with E-state index in [2.05, 4.69) is 10.3 Å². The highest BCUT2D eigenvalue weighted by Crippen LogP contribution is 2.16. The molecule has 2 unspecified atom stereocenters. The summed E-state index contributed by atoms with van der Waals surface area (Å²) >= 11 is 0. The van der Waals surface area contributed by atoms with Crippen molar-refractivity contribution in [2.75, 3.05) is 25.6 Å². The van der Waals surface area contributed by atoms with Crippen molar-refractivity contribution in [3.63, 3.8) is 0 Å². The van der Waals surface area contributed by atoms with Crippen LogP contribution in [0.5, 0.6) is 0 Å². The van der Waals surface area contributed by atoms with E-state index >= 15 is 0 Å². The molecule has 2 heterocycles. The number of hydrogen-bond donors (Lipinski definition) is 1. The normalized spacial score (nSPS) is 23.6. The van der Waals surface area contributed by atoms with Gasteiger partial charge in [-0.1, -0.05) is 0 Å². The number of rotatable bonds is 3. The summed E-state index contributed by atoms with van der Waals surface area (Å²) in [6.45, 7) is 0.730. The largest absolute Gasteiger partial charge is 0.380 e. The molecule has 0 saturated carbocycles. The zero-order valence-corrected chi connectivity index (χ0v) is 10.1. The van der Waals surface area contributed by atoms with Crippen LogP contribution < -0.4 is 10.2 Å². The molecular weight excluding hydrogens is 218 g/mol. The van der Waals surface area contributed by atoms with E-state index in [1.165, 1.54) is 0 Å². The van der Waals surface area contributed by atoms with Crippen LogP contribution in [0.1, 0.15) is 6.42 Å². The van der Waals surface area contributed by atoms with Gasteiger partial charge in [-0.25, -0.2) is 0 Å². The lowest BCUT2D eigenvalue weighted by Crippen LogP contribution is -2.41. The van der Waals surface area contributed by atoms with Gasteiger partial charge in [0.1, 0.15) is 0 Å². The molecule has 1 saturated heterocycles. The molecule has 1 aliphatic rings. The van der Waals surface area contributed by atoms with E-state index in [-0.39, 0.29) is 18.1 Å². The number of carbonyl (C=O) groups excluding carboxylic acids is 1. The third kappa shape index (κ3) is 2.62. The van der Waals surface area contributed by atoms with E-state index in [0.29, 0.717) is 0 Å². The van der Waals surface area contributed by atoms with Crippen molar-refractivity contribution in [3.8, 4) is 0 Å². The predicted molar refractivity (Wildman–Crippen MR) is 64.9 cm³/mol. The number of anilines is 1. The quantitative estimate of drug-likeness (QED) is 0.825. The minimum Gasteiger partial charge on any atom is -0.380 e. The molecule has 1 aliphatic heterocycles. The van der Waals surface area contributed by atoms with Gasteiger partial charge in [-0.05, 0) is 18.6 Å². The van der Waals surface area contributed by atoms with Gasteiger partial charge in [0.25, 0.3) is 0 Å². The third-order valence-electron chi connectivity index (χ3n) is 3.09. The van der Waals surface area contributed by atoms with Crippen LogP contribution in [0, 0.1) is 0 Å². The molecule has 1 amide bonds. The van der Waals surface area contributed by atoms with Gasteiger partial charge in [-0.15, -0.1) is 0 Å². The number of nitrogens with zero attached hydrogens (tertiary/aromatic N) is 2. The molecule has 1 fully saturated rings. The fourth-order valence-corrected chi connectivity index (χ4v) is 1.98. The van der Waals surface area contributed by atoms with Crippen LogP contribution in [0.3, 0.4) is 0 Å². The molecule has 0 aromatic carbocycles. The van der Waals surface area contributed by atoms with E-state index < -0.39 is 0 Å². The molecule has 2 atom stereocenters. The lowest BCUT2D eigenvalue weighted by Gasteiger charge is -2.20. The average molecular weight is 235 g/mol. The maximum Gasteiger partial charge on any atom is 0.244 e. The van der Waals surface area contributed by atoms with Crippen molar-refractivity contribution in [1.29, 1.82) is 0 Å². The number of ether oxygens (including phenoxy) is 1. The van der Waals surface area contributed by atoms with Gasteiger partial charge in [0.2, 0.25) is 5.91 Å². The van der Waals surface area contributed by atoms with Crippen molar-refractivity contribution in [2.24, 2.45) is 0 Å². The molecule has 5 nitrogen and oxygen atoms in total. The Labute approximate surface area is 101 Å². The Balaban J connectivity index is 2.01. The van der Waals surface area contributed by atoms with Gasteiger partial charge in [-0.3, -0.25) is 9.78 Å². The zero-order valence-electron chi connectivity index (χ0n) is 10.1. The van der Waals surface area contributed by atoms with Gasteiger partial charge in [0.15, 0.2) is 0 Å². The summed E-state index contributed by atoms with van der Waals surface area (Å²) in [6.07, 6.45) is 4.23. The molecule has 5 heteroatoms. The first-order chi connectivity index (χ1) is 8.22. The monoisotopic (exact) mass is 235 g/mol. The predicted octanol–water partition coefficient (Wildman–Crippen LogP) is 0.421. The summed E-state index contributed by atoms with van der Waals surface area (Å²) in [7, 11) is 3.44. The van der Waals surface area contributed by atoms with Crippen molar-refractivity contribution >= 4 is 11.6 Å². The van der Waals surface area contributed by atoms with Crippen molar-refractivity contribution in [1.82, 2.24) is 10.3 Å². The van der Waals surface area contributed by atoms with Crippen LogP contribution in [0.2, 0.25) is 0 Å². The second-order valence-electron chi connectivity index (χ2n) is 4.16. The maximum atomic E-state index is 12.2. The van der Waals surface area contributed by atoms with Crippen LogP contribution >= 0.6 is 0 Å². The Kier molecular flexibility index (Phi) is 3.71. The highest BCUT2D eigenvalue weighted by molar-refractivity contribution is 5.96. The number of likely N-dealkylation sites (N-methyl/N-ethyl adjacent to an activating group) is 1. The summed E-state index contributed by atoms with van der Waals surface area (Å²) < 4.78 is 5.23. The SMILES string of the molecule is COC1CNC(C(=O)N(C)c2cccnc2)C1. The molecule has 1 aromatic heterocycles. The standard InChI is InChI=1S/C12H17N3O2/c1-15(9-4-3-5-13-7-9)12(16)11-6-10(17-2)8-14-11/h3-5,7,10-11,14H,6,8H2,1-2H3. The number of nitrogens with one attached hydrogen (secondary N) is 1. The zero-order chi connectivity index (χ0) is 12.3. The number of carbonyl (C=O) groups is 1. The number of amides is 1. The minimum absolute atomic E-state index is 0.0533. The van der Waals surface area contributed by atoms with Crippen LogP contribution in [-0.4, -0.2) is 43.7 Å². The van der Waals surface area contributed by atoms with Crippen LogP contribution in [0.15, 0.2) is 24.5 Å². The second kappa shape index (κ2) is 5.25. The van der Waals surface area contributed by atoms with Crippen molar-refractivity contribution in [3.05, 3.63) is 24.5 Å². The van der Waals surface area contributed by atoms with E-state index in [4.69, 9.17) is 4.74 Å². The highest BCUT2D eigenvalue weighted by atomic mass is 16.5. The van der Waals surface area contributed by atoms with E-state index in [1.54, 1.807) is 31.5 Å². The third-order valence-corrected chi connectivity index (χ3v) is 3.09. The van der Waals surface area contributed by atoms with Gasteiger partial charge in [0, 0.05) is 26.9 Å². The summed E-state index contributed by atoms with van der Waals surface area (Å²) in [6, 6.07) is 3.53. The van der Waals surface area contributed by atoms with E-state index in [1.807, 2.05) is 12.1 Å². The summed E-state index contributed by atoms with van der Waals surface area (Å²) in [5.41, 5.74) is 0.806. The van der Waals surface area contributed by atoms with Gasteiger partial charge >= 0.3 is 0 Å². The Morgan fingerprint density at radius 3 is 3.06 bits per heavy atom. The first kappa shape index (κ1) is 12.0. The van der Waals surface area contributed by atoms with Crippen LogP contribution in [0.25, 0.3) is 0 Å². The number of hydrogen-bond acceptors (Lipinski definition) is 4. The van der Waals surface area contributed by atoms with Gasteiger partial charge in [0.05, 0.1) is 24.0 Å². The van der Waals surface area contributed by atoms with Crippen LogP contribution in [0.4, 0.5) is 5.69 Å². The van der Waals surface area contributed by atoms with Gasteiger partial charge in [-0.2, -0.15) is 0 Å². The smallest absolute Gasteiger partial charge is 0.244 e. The molecule has 0 aliphatic carbocycles. The van der Waals surface area contributed by atoms with Gasteiger partial charge < -0.3 is 15.0 Å². The first-order valence-electron chi connectivity index (χ1n) is 5.66. The molecule has 92 valence electrons. The topological polar surface area (TPSA) is 54.5 Å². The van der Waals surface area contributed by atoms with Crippen molar-refractivity contribution in [2.45, 2.75) is 18.6 Å². The molecule has 1 aromatic rings. The lowest BCUT2D eigenvalue weighted by atomic mass is 10.2. The lowest BCUT2D eigenvalue weighted by molar-refractivity contribution is -0.120. The molecule has 0 radical (unpaired) electrons. The molecule has 0 bridgehead atoms. The van der Waals surface area contributed by atoms with Crippen molar-refractivity contribution < 1.29 is 9.53 Å². The molecular formula is C12H17N3O2. The fraction of sp³-hybridized carbons (Fsp3) is 0.500.